The van der Waals surface area contributed by atoms with Crippen LogP contribution in [0, 0.1) is 6.92 Å². The summed E-state index contributed by atoms with van der Waals surface area (Å²) in [6, 6.07) is 6.90. The molecule has 0 unspecified atom stereocenters. The van der Waals surface area contributed by atoms with E-state index >= 15 is 0 Å². The summed E-state index contributed by atoms with van der Waals surface area (Å²) < 4.78 is 16.1. The molecule has 1 N–H and O–H groups in total. The third-order valence-corrected chi connectivity index (χ3v) is 4.03. The lowest BCUT2D eigenvalue weighted by atomic mass is 10.2. The van der Waals surface area contributed by atoms with E-state index in [0.29, 0.717) is 28.7 Å². The van der Waals surface area contributed by atoms with Crippen molar-refractivity contribution in [3.63, 3.8) is 0 Å². The van der Waals surface area contributed by atoms with Crippen LogP contribution in [0.25, 0.3) is 0 Å². The maximum atomic E-state index is 10.9. The van der Waals surface area contributed by atoms with Gasteiger partial charge in [0, 0.05) is 28.6 Å². The van der Waals surface area contributed by atoms with Crippen molar-refractivity contribution in [2.75, 3.05) is 14.2 Å². The fourth-order valence-electron chi connectivity index (χ4n) is 1.79. The number of benzene rings is 1. The van der Waals surface area contributed by atoms with Gasteiger partial charge in [-0.3, -0.25) is 0 Å². The van der Waals surface area contributed by atoms with Crippen LogP contribution in [0.4, 0.5) is 0 Å². The number of rotatable bonds is 6. The first-order valence-corrected chi connectivity index (χ1v) is 7.03. The SMILES string of the molecule is COc1cc(OC)cc(OCc2cc(C(=O)O)sc2C)c1. The molecule has 5 nitrogen and oxygen atoms in total. The number of carboxylic acid groups (broad SMARTS) is 1. The highest BCUT2D eigenvalue weighted by Crippen LogP contribution is 2.29. The molecule has 6 heteroatoms. The van der Waals surface area contributed by atoms with Gasteiger partial charge in [0.1, 0.15) is 28.7 Å². The molecule has 0 saturated heterocycles. The molecule has 2 rings (SSSR count). The molecule has 1 heterocycles. The molecule has 21 heavy (non-hydrogen) atoms. The van der Waals surface area contributed by atoms with Crippen LogP contribution in [0.15, 0.2) is 24.3 Å². The third-order valence-electron chi connectivity index (χ3n) is 2.95. The molecule has 0 bridgehead atoms. The minimum atomic E-state index is -0.919. The fourth-order valence-corrected chi connectivity index (χ4v) is 2.66. The summed E-state index contributed by atoms with van der Waals surface area (Å²) in [6.45, 7) is 2.17. The second-order valence-electron chi connectivity index (χ2n) is 4.33. The second kappa shape index (κ2) is 6.49. The van der Waals surface area contributed by atoms with E-state index in [9.17, 15) is 4.79 Å². The Hall–Kier alpha value is -2.21. The largest absolute Gasteiger partial charge is 0.496 e. The van der Waals surface area contributed by atoms with E-state index < -0.39 is 5.97 Å². The van der Waals surface area contributed by atoms with Crippen molar-refractivity contribution >= 4 is 17.3 Å². The maximum Gasteiger partial charge on any atom is 0.345 e. The minimum Gasteiger partial charge on any atom is -0.496 e. The molecule has 0 radical (unpaired) electrons. The average Bonchev–Trinajstić information content (AvgIpc) is 2.86. The average molecular weight is 308 g/mol. The van der Waals surface area contributed by atoms with E-state index in [2.05, 4.69) is 0 Å². The van der Waals surface area contributed by atoms with Gasteiger partial charge in [-0.15, -0.1) is 11.3 Å². The molecule has 112 valence electrons. The summed E-state index contributed by atoms with van der Waals surface area (Å²) in [6.07, 6.45) is 0. The maximum absolute atomic E-state index is 10.9. The molecule has 0 aliphatic rings. The predicted molar refractivity (Wildman–Crippen MR) is 79.9 cm³/mol. The van der Waals surface area contributed by atoms with E-state index in [1.54, 1.807) is 38.5 Å². The lowest BCUT2D eigenvalue weighted by Crippen LogP contribution is -1.97. The van der Waals surface area contributed by atoms with Gasteiger partial charge in [0.05, 0.1) is 14.2 Å². The molecule has 0 fully saturated rings. The molecule has 1 aromatic heterocycles. The monoisotopic (exact) mass is 308 g/mol. The van der Waals surface area contributed by atoms with E-state index in [-0.39, 0.29) is 0 Å². The van der Waals surface area contributed by atoms with Crippen LogP contribution < -0.4 is 14.2 Å². The Morgan fingerprint density at radius 3 is 2.14 bits per heavy atom. The van der Waals surface area contributed by atoms with Crippen LogP contribution in [-0.2, 0) is 6.61 Å². The van der Waals surface area contributed by atoms with E-state index in [0.717, 1.165) is 10.4 Å². The Balaban J connectivity index is 2.14. The molecule has 0 amide bonds. The van der Waals surface area contributed by atoms with E-state index in [4.69, 9.17) is 19.3 Å². The van der Waals surface area contributed by atoms with Crippen LogP contribution in [0.3, 0.4) is 0 Å². The van der Waals surface area contributed by atoms with Crippen LogP contribution in [-0.4, -0.2) is 25.3 Å². The van der Waals surface area contributed by atoms with Crippen molar-refractivity contribution in [3.8, 4) is 17.2 Å². The van der Waals surface area contributed by atoms with Gasteiger partial charge in [0.25, 0.3) is 0 Å². The van der Waals surface area contributed by atoms with Crippen molar-refractivity contribution in [1.29, 1.82) is 0 Å². The number of hydrogen-bond donors (Lipinski definition) is 1. The number of carbonyl (C=O) groups is 1. The predicted octanol–water partition coefficient (Wildman–Crippen LogP) is 3.35. The van der Waals surface area contributed by atoms with Gasteiger partial charge in [-0.05, 0) is 13.0 Å². The first-order valence-electron chi connectivity index (χ1n) is 6.22. The van der Waals surface area contributed by atoms with Gasteiger partial charge in [-0.25, -0.2) is 4.79 Å². The molecule has 1 aromatic carbocycles. The van der Waals surface area contributed by atoms with E-state index in [1.807, 2.05) is 6.92 Å². The van der Waals surface area contributed by atoms with E-state index in [1.165, 1.54) is 11.3 Å². The Kier molecular flexibility index (Phi) is 4.70. The Morgan fingerprint density at radius 2 is 1.67 bits per heavy atom. The number of carboxylic acids is 1. The van der Waals surface area contributed by atoms with Gasteiger partial charge >= 0.3 is 5.97 Å². The quantitative estimate of drug-likeness (QED) is 0.886. The summed E-state index contributed by atoms with van der Waals surface area (Å²) in [5.41, 5.74) is 0.860. The van der Waals surface area contributed by atoms with Crippen molar-refractivity contribution in [2.45, 2.75) is 13.5 Å². The Labute approximate surface area is 126 Å². The number of hydrogen-bond acceptors (Lipinski definition) is 5. The summed E-state index contributed by atoms with van der Waals surface area (Å²) >= 11 is 1.24. The summed E-state index contributed by atoms with van der Waals surface area (Å²) in [4.78, 5) is 12.2. The fraction of sp³-hybridized carbons (Fsp3) is 0.267. The molecule has 0 spiro atoms. The van der Waals surface area contributed by atoms with Crippen LogP contribution in [0.2, 0.25) is 0 Å². The van der Waals surface area contributed by atoms with Gasteiger partial charge in [-0.2, -0.15) is 0 Å². The molecular formula is C15H16O5S. The lowest BCUT2D eigenvalue weighted by molar-refractivity contribution is 0.0702. The van der Waals surface area contributed by atoms with Crippen molar-refractivity contribution in [1.82, 2.24) is 0 Å². The van der Waals surface area contributed by atoms with Gasteiger partial charge in [-0.1, -0.05) is 0 Å². The number of aryl methyl sites for hydroxylation is 1. The highest BCUT2D eigenvalue weighted by Gasteiger charge is 2.12. The first kappa shape index (κ1) is 15.2. The van der Waals surface area contributed by atoms with Crippen LogP contribution >= 0.6 is 11.3 Å². The molecule has 2 aromatic rings. The molecular weight excluding hydrogens is 292 g/mol. The van der Waals surface area contributed by atoms with Gasteiger partial charge in [0.15, 0.2) is 0 Å². The van der Waals surface area contributed by atoms with Gasteiger partial charge < -0.3 is 19.3 Å². The molecule has 0 saturated carbocycles. The third kappa shape index (κ3) is 3.66. The molecule has 0 aliphatic heterocycles. The Morgan fingerprint density at radius 1 is 1.10 bits per heavy atom. The standard InChI is InChI=1S/C15H16O5S/c1-9-10(4-14(21-9)15(16)17)8-20-13-6-11(18-2)5-12(7-13)19-3/h4-7H,8H2,1-3H3,(H,16,17). The Bertz CT molecular complexity index is 625. The van der Waals surface area contributed by atoms with Crippen molar-refractivity contribution in [3.05, 3.63) is 39.6 Å². The highest BCUT2D eigenvalue weighted by molar-refractivity contribution is 7.14. The lowest BCUT2D eigenvalue weighted by Gasteiger charge is -2.10. The van der Waals surface area contributed by atoms with Gasteiger partial charge in [0.2, 0.25) is 0 Å². The number of methoxy groups -OCH3 is 2. The topological polar surface area (TPSA) is 65.0 Å². The normalized spacial score (nSPS) is 10.2. The summed E-state index contributed by atoms with van der Waals surface area (Å²) in [5.74, 6) is 0.960. The zero-order valence-corrected chi connectivity index (χ0v) is 12.8. The smallest absolute Gasteiger partial charge is 0.345 e. The zero-order chi connectivity index (χ0) is 15.4. The number of aromatic carboxylic acids is 1. The molecule has 0 aliphatic carbocycles. The summed E-state index contributed by atoms with van der Waals surface area (Å²) in [5, 5.41) is 8.98. The van der Waals surface area contributed by atoms with Crippen LogP contribution in [0.5, 0.6) is 17.2 Å². The van der Waals surface area contributed by atoms with Crippen molar-refractivity contribution < 1.29 is 24.1 Å². The first-order chi connectivity index (χ1) is 10.0. The minimum absolute atomic E-state index is 0.298. The zero-order valence-electron chi connectivity index (χ0n) is 12.0. The molecule has 0 atom stereocenters. The number of ether oxygens (including phenoxy) is 3. The highest BCUT2D eigenvalue weighted by atomic mass is 32.1. The number of thiophene rings is 1. The second-order valence-corrected chi connectivity index (χ2v) is 5.59. The van der Waals surface area contributed by atoms with Crippen LogP contribution in [0.1, 0.15) is 20.1 Å². The summed E-state index contributed by atoms with van der Waals surface area (Å²) in [7, 11) is 3.14. The van der Waals surface area contributed by atoms with Crippen molar-refractivity contribution in [2.24, 2.45) is 0 Å².